The first-order chi connectivity index (χ1) is 15.2. The maximum Gasteiger partial charge on any atom is 0.573 e. The van der Waals surface area contributed by atoms with Crippen LogP contribution in [0.15, 0.2) is 36.7 Å². The number of nitrogen functional groups attached to an aromatic ring is 1. The second-order valence-electron chi connectivity index (χ2n) is 8.32. The van der Waals surface area contributed by atoms with Gasteiger partial charge in [0.15, 0.2) is 0 Å². The lowest BCUT2D eigenvalue weighted by Crippen LogP contribution is -2.46. The number of H-pyrrole nitrogens is 1. The van der Waals surface area contributed by atoms with Gasteiger partial charge < -0.3 is 20.4 Å². The Morgan fingerprint density at radius 1 is 1.19 bits per heavy atom. The van der Waals surface area contributed by atoms with Gasteiger partial charge in [-0.15, -0.1) is 13.2 Å². The lowest BCUT2D eigenvalue weighted by Gasteiger charge is -2.39. The maximum absolute atomic E-state index is 14.7. The molecule has 6 nitrogen and oxygen atoms in total. The first-order valence-electron chi connectivity index (χ1n) is 10.3. The Morgan fingerprint density at radius 2 is 1.91 bits per heavy atom. The Hall–Kier alpha value is -3.30. The van der Waals surface area contributed by atoms with E-state index in [0.29, 0.717) is 24.1 Å². The molecule has 2 fully saturated rings. The second kappa shape index (κ2) is 7.39. The normalized spacial score (nSPS) is 23.0. The number of amides is 1. The summed E-state index contributed by atoms with van der Waals surface area (Å²) in [6.07, 6.45) is 0.862. The highest BCUT2D eigenvalue weighted by atomic mass is 19.4. The van der Waals surface area contributed by atoms with Gasteiger partial charge in [-0.05, 0) is 49.8 Å². The van der Waals surface area contributed by atoms with Gasteiger partial charge in [-0.3, -0.25) is 4.79 Å². The Labute approximate surface area is 180 Å². The van der Waals surface area contributed by atoms with Crippen molar-refractivity contribution in [2.75, 3.05) is 5.73 Å². The Balaban J connectivity index is 1.39. The number of aromatic amines is 1. The predicted octanol–water partition coefficient (Wildman–Crippen LogP) is 4.73. The van der Waals surface area contributed by atoms with E-state index < -0.39 is 12.1 Å². The van der Waals surface area contributed by atoms with Crippen molar-refractivity contribution in [3.05, 3.63) is 53.6 Å². The molecule has 1 amide bonds. The third-order valence-corrected chi connectivity index (χ3v) is 6.44. The summed E-state index contributed by atoms with van der Waals surface area (Å²) in [7, 11) is 0. The average molecular weight is 448 g/mol. The number of carbonyl (C=O) groups is 1. The third-order valence-electron chi connectivity index (χ3n) is 6.44. The summed E-state index contributed by atoms with van der Waals surface area (Å²) in [5.74, 6) is -1.21. The van der Waals surface area contributed by atoms with Gasteiger partial charge in [0.05, 0.1) is 11.8 Å². The highest BCUT2D eigenvalue weighted by molar-refractivity contribution is 6.00. The maximum atomic E-state index is 14.7. The lowest BCUT2D eigenvalue weighted by molar-refractivity contribution is -0.274. The van der Waals surface area contributed by atoms with Crippen LogP contribution in [0.25, 0.3) is 11.0 Å². The fourth-order valence-corrected chi connectivity index (χ4v) is 5.24. The number of alkyl halides is 3. The number of rotatable bonds is 3. The van der Waals surface area contributed by atoms with Gasteiger partial charge >= 0.3 is 6.36 Å². The summed E-state index contributed by atoms with van der Waals surface area (Å²) < 4.78 is 55.9. The van der Waals surface area contributed by atoms with Crippen molar-refractivity contribution in [2.24, 2.45) is 0 Å². The molecule has 2 atom stereocenters. The van der Waals surface area contributed by atoms with Crippen molar-refractivity contribution < 1.29 is 27.1 Å². The molecule has 168 valence electrons. The average Bonchev–Trinajstić information content (AvgIpc) is 3.28. The monoisotopic (exact) mass is 448 g/mol. The van der Waals surface area contributed by atoms with Crippen molar-refractivity contribution in [1.29, 1.82) is 0 Å². The minimum absolute atomic E-state index is 0.0576. The van der Waals surface area contributed by atoms with Crippen LogP contribution in [0.1, 0.15) is 47.5 Å². The molecule has 2 aliphatic rings. The summed E-state index contributed by atoms with van der Waals surface area (Å²) in [6, 6.07) is 4.96. The van der Waals surface area contributed by atoms with Gasteiger partial charge in [-0.25, -0.2) is 9.37 Å². The van der Waals surface area contributed by atoms with Crippen molar-refractivity contribution in [3.63, 3.8) is 0 Å². The number of hydrogen-bond donors (Lipinski definition) is 2. The zero-order valence-electron chi connectivity index (χ0n) is 16.8. The molecule has 2 unspecified atom stereocenters. The highest BCUT2D eigenvalue weighted by Crippen LogP contribution is 2.46. The van der Waals surface area contributed by atoms with E-state index in [0.717, 1.165) is 30.4 Å². The van der Waals surface area contributed by atoms with Gasteiger partial charge in [0.25, 0.3) is 5.91 Å². The van der Waals surface area contributed by atoms with Crippen LogP contribution in [-0.4, -0.2) is 39.2 Å². The Morgan fingerprint density at radius 3 is 2.56 bits per heavy atom. The van der Waals surface area contributed by atoms with Gasteiger partial charge in [-0.1, -0.05) is 0 Å². The molecule has 32 heavy (non-hydrogen) atoms. The molecule has 10 heteroatoms. The van der Waals surface area contributed by atoms with Crippen LogP contribution in [0, 0.1) is 5.82 Å². The molecule has 0 aliphatic carbocycles. The molecule has 2 saturated heterocycles. The van der Waals surface area contributed by atoms with E-state index in [9.17, 15) is 22.4 Å². The van der Waals surface area contributed by atoms with Gasteiger partial charge in [0.2, 0.25) is 0 Å². The number of nitrogens with one attached hydrogen (secondary N) is 1. The van der Waals surface area contributed by atoms with Crippen LogP contribution in [0.2, 0.25) is 0 Å². The van der Waals surface area contributed by atoms with E-state index in [1.165, 1.54) is 12.3 Å². The highest BCUT2D eigenvalue weighted by Gasteiger charge is 2.45. The minimum Gasteiger partial charge on any atom is -0.406 e. The fraction of sp³-hybridized carbons (Fsp3) is 0.364. The van der Waals surface area contributed by atoms with Crippen LogP contribution in [0.4, 0.5) is 23.2 Å². The first kappa shape index (κ1) is 20.6. The molecule has 3 aromatic rings. The summed E-state index contributed by atoms with van der Waals surface area (Å²) in [5.41, 5.74) is 7.20. The van der Waals surface area contributed by atoms with E-state index in [2.05, 4.69) is 14.7 Å². The number of fused-ring (bicyclic) bond motifs is 3. The summed E-state index contributed by atoms with van der Waals surface area (Å²) in [5, 5.41) is 0.749. The molecular weight excluding hydrogens is 428 g/mol. The Bertz CT molecular complexity index is 1180. The molecule has 0 radical (unpaired) electrons. The zero-order valence-corrected chi connectivity index (χ0v) is 16.8. The number of ether oxygens (including phenoxy) is 1. The number of halogens is 4. The van der Waals surface area contributed by atoms with E-state index in [-0.39, 0.29) is 41.0 Å². The number of carbonyl (C=O) groups excluding carboxylic acids is 1. The number of aromatic nitrogens is 2. The van der Waals surface area contributed by atoms with E-state index in [4.69, 9.17) is 5.73 Å². The predicted molar refractivity (Wildman–Crippen MR) is 109 cm³/mol. The van der Waals surface area contributed by atoms with Crippen LogP contribution < -0.4 is 10.5 Å². The fourth-order valence-electron chi connectivity index (χ4n) is 5.24. The number of anilines is 1. The molecule has 3 N–H and O–H groups in total. The zero-order chi connectivity index (χ0) is 22.6. The SMILES string of the molecule is Nc1cc(OC(F)(F)F)ccc1C(=O)N1C2CCC1CC(c1c(F)cnc3[nH]ccc13)C2. The summed E-state index contributed by atoms with van der Waals surface area (Å²) >= 11 is 0. The van der Waals surface area contributed by atoms with Crippen molar-refractivity contribution in [2.45, 2.75) is 50.0 Å². The van der Waals surface area contributed by atoms with E-state index in [1.807, 2.05) is 6.07 Å². The number of pyridine rings is 1. The molecular formula is C22H20F4N4O2. The lowest BCUT2D eigenvalue weighted by atomic mass is 9.83. The largest absolute Gasteiger partial charge is 0.573 e. The molecule has 2 aromatic heterocycles. The first-order valence-corrected chi connectivity index (χ1v) is 10.3. The number of hydrogen-bond acceptors (Lipinski definition) is 4. The smallest absolute Gasteiger partial charge is 0.406 e. The third kappa shape index (κ3) is 3.53. The molecule has 4 heterocycles. The van der Waals surface area contributed by atoms with E-state index >= 15 is 0 Å². The van der Waals surface area contributed by atoms with Crippen molar-refractivity contribution >= 4 is 22.6 Å². The molecule has 2 aliphatic heterocycles. The van der Waals surface area contributed by atoms with Crippen LogP contribution in [0.3, 0.4) is 0 Å². The Kier molecular flexibility index (Phi) is 4.75. The van der Waals surface area contributed by atoms with Gasteiger partial charge in [-0.2, -0.15) is 0 Å². The topological polar surface area (TPSA) is 84.2 Å². The van der Waals surface area contributed by atoms with E-state index in [1.54, 1.807) is 11.1 Å². The number of nitrogens with zero attached hydrogens (tertiary/aromatic N) is 2. The number of piperidine rings is 1. The molecule has 1 aromatic carbocycles. The quantitative estimate of drug-likeness (QED) is 0.448. The number of nitrogens with two attached hydrogens (primary N) is 1. The molecule has 0 spiro atoms. The van der Waals surface area contributed by atoms with Crippen LogP contribution in [0.5, 0.6) is 5.75 Å². The number of benzene rings is 1. The molecule has 2 bridgehead atoms. The van der Waals surface area contributed by atoms with Crippen molar-refractivity contribution in [1.82, 2.24) is 14.9 Å². The molecule has 0 saturated carbocycles. The standard InChI is InChI=1S/C22H20F4N4O2/c23-17-10-29-20-16(5-6-28-20)19(17)11-7-12-1-2-13(8-11)30(12)21(31)15-4-3-14(9-18(15)27)32-22(24,25)26/h3-6,9-13H,1-2,7-8,27H2,(H,28,29). The summed E-state index contributed by atoms with van der Waals surface area (Å²) in [4.78, 5) is 22.1. The second-order valence-corrected chi connectivity index (χ2v) is 8.32. The minimum atomic E-state index is -4.84. The van der Waals surface area contributed by atoms with Crippen molar-refractivity contribution in [3.8, 4) is 5.75 Å². The van der Waals surface area contributed by atoms with Gasteiger partial charge in [0.1, 0.15) is 17.2 Å². The van der Waals surface area contributed by atoms with Crippen LogP contribution >= 0.6 is 0 Å². The van der Waals surface area contributed by atoms with Crippen LogP contribution in [-0.2, 0) is 0 Å². The molecule has 5 rings (SSSR count). The van der Waals surface area contributed by atoms with Gasteiger partial charge in [0, 0.05) is 41.0 Å². The summed E-state index contributed by atoms with van der Waals surface area (Å²) in [6.45, 7) is 0.